The molecule has 0 spiro atoms. The number of fused-ring (bicyclic) bond motifs is 7. The van der Waals surface area contributed by atoms with Gasteiger partial charge in [0, 0.05) is 45.3 Å². The molecular weight excluding hydrogens is 709 g/mol. The first-order chi connectivity index (χ1) is 28.5. The van der Waals surface area contributed by atoms with Crippen molar-refractivity contribution in [2.24, 2.45) is 0 Å². The summed E-state index contributed by atoms with van der Waals surface area (Å²) in [6, 6.07) is 59.8. The van der Waals surface area contributed by atoms with Crippen LogP contribution in [0.25, 0.3) is 95.3 Å². The lowest BCUT2D eigenvalue weighted by Crippen LogP contribution is -2.14. The third kappa shape index (κ3) is 5.30. The van der Waals surface area contributed by atoms with E-state index in [1.54, 1.807) is 12.4 Å². The van der Waals surface area contributed by atoms with Crippen molar-refractivity contribution in [3.05, 3.63) is 193 Å². The van der Waals surface area contributed by atoms with Crippen molar-refractivity contribution in [3.63, 3.8) is 0 Å². The predicted octanol–water partition coefficient (Wildman–Crippen LogP) is 12.4. The van der Waals surface area contributed by atoms with E-state index in [1.165, 1.54) is 33.0 Å². The number of nitrogens with zero attached hydrogens (tertiary/aromatic N) is 6. The Bertz CT molecular complexity index is 3060. The van der Waals surface area contributed by atoms with Crippen molar-refractivity contribution in [1.29, 1.82) is 0 Å². The molecule has 0 radical (unpaired) electrons. The maximum atomic E-state index is 5.12. The van der Waals surface area contributed by atoms with Crippen LogP contribution >= 0.6 is 0 Å². The molecule has 0 amide bonds. The van der Waals surface area contributed by atoms with E-state index in [4.69, 9.17) is 15.0 Å². The summed E-state index contributed by atoms with van der Waals surface area (Å²) in [6.45, 7) is 4.70. The lowest BCUT2D eigenvalue weighted by atomic mass is 9.82. The fraction of sp³-hybridized carbons (Fsp3) is 0.0577. The van der Waals surface area contributed by atoms with Crippen LogP contribution in [0.1, 0.15) is 25.0 Å². The van der Waals surface area contributed by atoms with Crippen LogP contribution in [0.2, 0.25) is 0 Å². The Kier molecular flexibility index (Phi) is 7.73. The van der Waals surface area contributed by atoms with E-state index in [2.05, 4.69) is 162 Å². The first-order valence-corrected chi connectivity index (χ1v) is 19.6. The summed E-state index contributed by atoms with van der Waals surface area (Å²) >= 11 is 0. The molecule has 0 saturated carbocycles. The van der Waals surface area contributed by atoms with E-state index in [9.17, 15) is 0 Å². The summed E-state index contributed by atoms with van der Waals surface area (Å²) in [5, 5.41) is 2.49. The van der Waals surface area contributed by atoms with E-state index in [1.807, 2.05) is 36.4 Å². The summed E-state index contributed by atoms with van der Waals surface area (Å²) in [5.74, 6) is 1.51. The van der Waals surface area contributed by atoms with Crippen molar-refractivity contribution in [2.45, 2.75) is 19.3 Å². The van der Waals surface area contributed by atoms with Crippen molar-refractivity contribution < 1.29 is 0 Å². The molecule has 4 heterocycles. The molecule has 0 saturated heterocycles. The molecule has 1 aliphatic carbocycles. The number of aromatic nitrogens is 6. The summed E-state index contributed by atoms with van der Waals surface area (Å²) in [6.07, 6.45) is 3.52. The summed E-state index contributed by atoms with van der Waals surface area (Å²) in [4.78, 5) is 24.4. The molecule has 0 atom stereocenters. The van der Waals surface area contributed by atoms with Gasteiger partial charge in [0.05, 0.1) is 16.7 Å². The van der Waals surface area contributed by atoms with Crippen LogP contribution < -0.4 is 0 Å². The molecule has 11 rings (SSSR count). The lowest BCUT2D eigenvalue weighted by molar-refractivity contribution is 0.661. The fourth-order valence-corrected chi connectivity index (χ4v) is 8.90. The zero-order valence-electron chi connectivity index (χ0n) is 32.0. The molecule has 10 aromatic rings. The van der Waals surface area contributed by atoms with Gasteiger partial charge in [-0.1, -0.05) is 135 Å². The van der Waals surface area contributed by atoms with Crippen molar-refractivity contribution in [1.82, 2.24) is 29.5 Å². The van der Waals surface area contributed by atoms with E-state index in [-0.39, 0.29) is 5.41 Å². The van der Waals surface area contributed by atoms with E-state index < -0.39 is 0 Å². The molecule has 4 aromatic heterocycles. The van der Waals surface area contributed by atoms with Crippen molar-refractivity contribution in [3.8, 4) is 73.5 Å². The number of pyridine rings is 2. The average Bonchev–Trinajstić information content (AvgIpc) is 3.75. The highest BCUT2D eigenvalue weighted by atomic mass is 15.1. The Morgan fingerprint density at radius 1 is 0.431 bits per heavy atom. The van der Waals surface area contributed by atoms with Gasteiger partial charge in [-0.2, -0.15) is 0 Å². The van der Waals surface area contributed by atoms with E-state index in [0.29, 0.717) is 28.9 Å². The summed E-state index contributed by atoms with van der Waals surface area (Å²) in [5.41, 5.74) is 15.1. The highest BCUT2D eigenvalue weighted by molar-refractivity contribution is 6.18. The second kappa shape index (κ2) is 13.3. The van der Waals surface area contributed by atoms with Gasteiger partial charge in [0.2, 0.25) is 0 Å². The third-order valence-electron chi connectivity index (χ3n) is 11.6. The molecule has 0 unspecified atom stereocenters. The van der Waals surface area contributed by atoms with Gasteiger partial charge in [-0.3, -0.25) is 9.97 Å². The molecule has 1 aliphatic rings. The molecular formula is C52H36N6. The quantitative estimate of drug-likeness (QED) is 0.170. The zero-order valence-corrected chi connectivity index (χ0v) is 32.0. The topological polar surface area (TPSA) is 69.4 Å². The molecule has 6 heteroatoms. The minimum atomic E-state index is -0.123. The first-order valence-electron chi connectivity index (χ1n) is 19.6. The number of hydrogen-bond donors (Lipinski definition) is 0. The fourth-order valence-electron chi connectivity index (χ4n) is 8.90. The number of benzene rings is 6. The average molecular weight is 745 g/mol. The first kappa shape index (κ1) is 33.7. The Hall–Kier alpha value is -7.57. The van der Waals surface area contributed by atoms with Crippen molar-refractivity contribution >= 4 is 21.8 Å². The second-order valence-corrected chi connectivity index (χ2v) is 15.3. The van der Waals surface area contributed by atoms with Crippen molar-refractivity contribution in [2.75, 3.05) is 0 Å². The normalized spacial score (nSPS) is 12.8. The molecule has 6 aromatic carbocycles. The smallest absolute Gasteiger partial charge is 0.182 e. The van der Waals surface area contributed by atoms with Crippen LogP contribution in [-0.2, 0) is 5.41 Å². The summed E-state index contributed by atoms with van der Waals surface area (Å²) in [7, 11) is 0. The van der Waals surface area contributed by atoms with Crippen LogP contribution in [0.5, 0.6) is 0 Å². The Morgan fingerprint density at radius 2 is 0.983 bits per heavy atom. The monoisotopic (exact) mass is 744 g/mol. The van der Waals surface area contributed by atoms with Gasteiger partial charge in [-0.25, -0.2) is 15.0 Å². The van der Waals surface area contributed by atoms with Crippen LogP contribution in [0.3, 0.4) is 0 Å². The molecule has 6 nitrogen and oxygen atoms in total. The maximum Gasteiger partial charge on any atom is 0.182 e. The molecule has 58 heavy (non-hydrogen) atoms. The van der Waals surface area contributed by atoms with Gasteiger partial charge in [0.15, 0.2) is 17.5 Å². The molecule has 0 aliphatic heterocycles. The zero-order chi connectivity index (χ0) is 38.8. The number of para-hydroxylation sites is 1. The standard InChI is InChI=1S/C52H36N6/c1-52(2)40-23-11-9-21-36(40)46-41(52)27-28-45-47(46)37-22-10-12-26-44(37)58(45)48-38(33-17-5-3-6-18-33)31-35(32-39(48)34-19-7-4-8-20-34)49-55-50(42-24-13-15-29-53-42)57-51(56-49)43-25-14-16-30-54-43/h3-32H,1-2H3. The Labute approximate surface area is 336 Å². The van der Waals surface area contributed by atoms with Gasteiger partial charge < -0.3 is 4.57 Å². The van der Waals surface area contributed by atoms with Gasteiger partial charge >= 0.3 is 0 Å². The van der Waals surface area contributed by atoms with Crippen LogP contribution in [0.4, 0.5) is 0 Å². The van der Waals surface area contributed by atoms with Crippen LogP contribution in [-0.4, -0.2) is 29.5 Å². The highest BCUT2D eigenvalue weighted by Crippen LogP contribution is 2.54. The number of hydrogen-bond acceptors (Lipinski definition) is 5. The second-order valence-electron chi connectivity index (χ2n) is 15.3. The van der Waals surface area contributed by atoms with E-state index >= 15 is 0 Å². The van der Waals surface area contributed by atoms with Gasteiger partial charge in [0.1, 0.15) is 11.4 Å². The highest BCUT2D eigenvalue weighted by Gasteiger charge is 2.37. The van der Waals surface area contributed by atoms with Crippen LogP contribution in [0.15, 0.2) is 182 Å². The van der Waals surface area contributed by atoms with Gasteiger partial charge in [0.25, 0.3) is 0 Å². The third-order valence-corrected chi connectivity index (χ3v) is 11.6. The molecule has 0 N–H and O–H groups in total. The van der Waals surface area contributed by atoms with Gasteiger partial charge in [-0.15, -0.1) is 0 Å². The Morgan fingerprint density at radius 3 is 1.60 bits per heavy atom. The molecule has 274 valence electrons. The number of rotatable bonds is 6. The summed E-state index contributed by atoms with van der Waals surface area (Å²) < 4.78 is 2.49. The minimum Gasteiger partial charge on any atom is -0.308 e. The minimum absolute atomic E-state index is 0.123. The SMILES string of the molecule is CC1(C)c2ccccc2-c2c1ccc1c2c2ccccc2n1-c1c(-c2ccccc2)cc(-c2nc(-c3ccccn3)nc(-c3ccccn3)n2)cc1-c1ccccc1. The maximum absolute atomic E-state index is 5.12. The van der Waals surface area contributed by atoms with Crippen LogP contribution in [0, 0.1) is 0 Å². The largest absolute Gasteiger partial charge is 0.308 e. The van der Waals surface area contributed by atoms with E-state index in [0.717, 1.165) is 44.5 Å². The lowest BCUT2D eigenvalue weighted by Gasteiger charge is -2.22. The van der Waals surface area contributed by atoms with Gasteiger partial charge in [-0.05, 0) is 81.9 Å². The predicted molar refractivity (Wildman–Crippen MR) is 234 cm³/mol. The Balaban J connectivity index is 1.26. The molecule has 0 fully saturated rings. The molecule has 0 bridgehead atoms.